The van der Waals surface area contributed by atoms with Gasteiger partial charge in [0.15, 0.2) is 11.1 Å². The quantitative estimate of drug-likeness (QED) is 0.0581. The van der Waals surface area contributed by atoms with Gasteiger partial charge >= 0.3 is 11.9 Å². The fourth-order valence-electron chi connectivity index (χ4n) is 6.39. The molecule has 2 heterocycles. The molecule has 2 unspecified atom stereocenters. The van der Waals surface area contributed by atoms with Crippen molar-refractivity contribution < 1.29 is 61.2 Å². The van der Waals surface area contributed by atoms with Gasteiger partial charge in [-0.05, 0) is 38.1 Å². The molecule has 2 aromatic carbocycles. The minimum Gasteiger partial charge on any atom is -0.759 e. The molecule has 57 heavy (non-hydrogen) atoms. The molecule has 0 spiro atoms. The number of nitroso groups, excluding NO2 is 2. The van der Waals surface area contributed by atoms with Gasteiger partial charge in [0.05, 0.1) is 88.9 Å². The number of esters is 2. The van der Waals surface area contributed by atoms with Crippen LogP contribution in [0.15, 0.2) is 80.8 Å². The Morgan fingerprint density at radius 1 is 0.667 bits per heavy atom. The van der Waals surface area contributed by atoms with Gasteiger partial charge in [0.2, 0.25) is 19.7 Å². The van der Waals surface area contributed by atoms with Gasteiger partial charge in [0.25, 0.3) is 9.74 Å². The Labute approximate surface area is 343 Å². The maximum atomic E-state index is 13.3. The smallest absolute Gasteiger partial charge is 0.345 e. The second kappa shape index (κ2) is 18.9. The van der Waals surface area contributed by atoms with Crippen LogP contribution in [0, 0.1) is 9.81 Å². The van der Waals surface area contributed by atoms with Crippen LogP contribution in [0.5, 0.6) is 0 Å². The zero-order valence-corrected chi connectivity index (χ0v) is 35.9. The number of thiol groups is 2. The third-order valence-corrected chi connectivity index (χ3v) is 15.2. The van der Waals surface area contributed by atoms with Gasteiger partial charge in [-0.3, -0.25) is 16.2 Å². The van der Waals surface area contributed by atoms with Crippen LogP contribution in [0.2, 0.25) is 0 Å². The van der Waals surface area contributed by atoms with E-state index in [1.54, 1.807) is 12.1 Å². The number of piperidine rings is 2. The van der Waals surface area contributed by atoms with Gasteiger partial charge < -0.3 is 30.0 Å². The molecule has 0 amide bonds. The molecule has 20 nitrogen and oxygen atoms in total. The normalized spacial score (nSPS) is 27.3. The number of rotatable bonds is 12. The molecule has 2 aromatic rings. The van der Waals surface area contributed by atoms with Crippen LogP contribution in [-0.2, 0) is 49.1 Å². The standard InChI is InChI=1S/2C16H24N3O5S2.H2O4S/c2*1-3-24-14(20)16(17,26(22,23)13-7-5-4-6-8-13)15(18-21)9-11-19(2,25)12-10-15;1-5(2,3)4/h2*4-8,25H,3,9-12,17H2,1-2H3;(H2,1,2,3,4)/q2*+1;/p-2. The highest BCUT2D eigenvalue weighted by Gasteiger charge is 2.69. The number of ether oxygens (including phenoxy) is 2. The molecule has 0 aromatic heterocycles. The summed E-state index contributed by atoms with van der Waals surface area (Å²) in [5.41, 5.74) is 8.84. The van der Waals surface area contributed by atoms with E-state index in [9.17, 15) is 36.2 Å². The second-order valence-corrected chi connectivity index (χ2v) is 20.8. The summed E-state index contributed by atoms with van der Waals surface area (Å²) < 4.78 is 98.0. The van der Waals surface area contributed by atoms with Crippen molar-refractivity contribution in [3.63, 3.8) is 0 Å². The van der Waals surface area contributed by atoms with Gasteiger partial charge in [0, 0.05) is 36.1 Å². The lowest BCUT2D eigenvalue weighted by molar-refractivity contribution is -0.778. The molecular weight excluding hydrogens is 853 g/mol. The number of hydrogen-bond donors (Lipinski definition) is 4. The van der Waals surface area contributed by atoms with Gasteiger partial charge in [-0.25, -0.2) is 26.4 Å². The first-order valence-corrected chi connectivity index (χ1v) is 22.2. The molecule has 2 saturated heterocycles. The number of likely N-dealkylation sites (tertiary alicyclic amines) is 2. The van der Waals surface area contributed by atoms with Crippen LogP contribution in [-0.4, -0.2) is 128 Å². The van der Waals surface area contributed by atoms with Gasteiger partial charge in [-0.1, -0.05) is 46.8 Å². The largest absolute Gasteiger partial charge is 0.759 e. The Balaban J connectivity index is 0.000000352. The lowest BCUT2D eigenvalue weighted by Gasteiger charge is -2.45. The van der Waals surface area contributed by atoms with E-state index >= 15 is 0 Å². The number of nitrogens with zero attached hydrogens (tertiary/aromatic N) is 4. The predicted octanol–water partition coefficient (Wildman–Crippen LogP) is 1.20. The number of quaternary nitrogens is 2. The highest BCUT2D eigenvalue weighted by Crippen LogP contribution is 2.45. The van der Waals surface area contributed by atoms with Crippen molar-refractivity contribution in [2.45, 2.75) is 70.1 Å². The lowest BCUT2D eigenvalue weighted by atomic mass is 9.81. The number of benzene rings is 2. The Bertz CT molecular complexity index is 1910. The first kappa shape index (κ1) is 50.0. The Morgan fingerprint density at radius 2 is 0.912 bits per heavy atom. The molecular formula is C32H48N6O14S5. The van der Waals surface area contributed by atoms with Crippen LogP contribution >= 0.6 is 25.6 Å². The lowest BCUT2D eigenvalue weighted by Crippen LogP contribution is -2.72. The number of carbonyl (C=O) groups is 2. The molecule has 4 rings (SSSR count). The number of nitrogens with two attached hydrogens (primary N) is 2. The van der Waals surface area contributed by atoms with E-state index in [2.05, 4.69) is 36.0 Å². The molecule has 2 aliphatic heterocycles. The third-order valence-electron chi connectivity index (χ3n) is 9.87. The number of sulfone groups is 2. The van der Waals surface area contributed by atoms with E-state index in [1.165, 1.54) is 62.4 Å². The average molecular weight is 901 g/mol. The van der Waals surface area contributed by atoms with E-state index in [-0.39, 0.29) is 56.5 Å². The maximum Gasteiger partial charge on any atom is 0.345 e. The zero-order valence-electron chi connectivity index (χ0n) is 31.6. The molecule has 0 aliphatic carbocycles. The van der Waals surface area contributed by atoms with Crippen molar-refractivity contribution in [3.8, 4) is 0 Å². The van der Waals surface area contributed by atoms with Crippen LogP contribution in [0.4, 0.5) is 0 Å². The molecule has 0 radical (unpaired) electrons. The fourth-order valence-corrected chi connectivity index (χ4v) is 10.6. The Morgan fingerprint density at radius 3 is 1.12 bits per heavy atom. The summed E-state index contributed by atoms with van der Waals surface area (Å²) in [4.78, 5) is 43.7. The third kappa shape index (κ3) is 10.7. The predicted molar refractivity (Wildman–Crippen MR) is 210 cm³/mol. The highest BCUT2D eigenvalue weighted by molar-refractivity contribution is 7.94. The minimum atomic E-state index is -5.17. The first-order valence-electron chi connectivity index (χ1n) is 17.1. The Kier molecular flexibility index (Phi) is 16.6. The molecule has 2 fully saturated rings. The van der Waals surface area contributed by atoms with E-state index in [0.29, 0.717) is 26.2 Å². The molecule has 320 valence electrons. The molecule has 4 N–H and O–H groups in total. The van der Waals surface area contributed by atoms with E-state index in [1.807, 2.05) is 14.1 Å². The zero-order chi connectivity index (χ0) is 43.8. The van der Waals surface area contributed by atoms with Gasteiger partial charge in [-0.2, -0.15) is 9.81 Å². The van der Waals surface area contributed by atoms with Crippen molar-refractivity contribution in [2.24, 2.45) is 21.8 Å². The van der Waals surface area contributed by atoms with E-state index in [4.69, 9.17) is 38.5 Å². The fraction of sp³-hybridized carbons (Fsp3) is 0.562. The summed E-state index contributed by atoms with van der Waals surface area (Å²) in [5.74, 6) is -2.34. The average Bonchev–Trinajstić information content (AvgIpc) is 3.15. The van der Waals surface area contributed by atoms with Gasteiger partial charge in [0.1, 0.15) is 0 Å². The summed E-state index contributed by atoms with van der Waals surface area (Å²) >= 11 is 8.91. The topological polar surface area (TPSA) is 312 Å². The first-order chi connectivity index (χ1) is 26.1. The van der Waals surface area contributed by atoms with Crippen molar-refractivity contribution in [1.29, 1.82) is 0 Å². The van der Waals surface area contributed by atoms with Crippen LogP contribution in [0.1, 0.15) is 39.5 Å². The maximum absolute atomic E-state index is 13.3. The van der Waals surface area contributed by atoms with E-state index < -0.39 is 62.8 Å². The van der Waals surface area contributed by atoms with Crippen molar-refractivity contribution in [3.05, 3.63) is 70.5 Å². The minimum absolute atomic E-state index is 0.00211. The molecule has 2 aliphatic rings. The molecule has 0 saturated carbocycles. The Hall–Kier alpha value is -3.11. The summed E-state index contributed by atoms with van der Waals surface area (Å²) in [7, 11) is -10.4. The van der Waals surface area contributed by atoms with E-state index in [0.717, 1.165) is 0 Å². The van der Waals surface area contributed by atoms with Crippen molar-refractivity contribution in [1.82, 2.24) is 0 Å². The number of hydrogen-bond acceptors (Lipinski definition) is 20. The van der Waals surface area contributed by atoms with Gasteiger partial charge in [-0.15, -0.1) is 0 Å². The molecule has 25 heteroatoms. The van der Waals surface area contributed by atoms with Crippen LogP contribution in [0.25, 0.3) is 0 Å². The SMILES string of the molecule is CCOC(=O)C(N)(C1(N=O)CC[N+](C)(S)CC1)S(=O)(=O)c1ccccc1.CCOC(=O)C(N)(C1(N=O)CC[N+](C)(S)CC1)S(=O)(=O)c1ccccc1.O=S(=O)([O-])[O-]. The van der Waals surface area contributed by atoms with Crippen molar-refractivity contribution >= 4 is 67.6 Å². The van der Waals surface area contributed by atoms with Crippen LogP contribution < -0.4 is 11.5 Å². The van der Waals surface area contributed by atoms with Crippen LogP contribution in [0.3, 0.4) is 0 Å². The summed E-state index contributed by atoms with van der Waals surface area (Å²) in [5, 5.41) is 6.23. The highest BCUT2D eigenvalue weighted by atomic mass is 32.3. The summed E-state index contributed by atoms with van der Waals surface area (Å²) in [6.45, 7) is 4.26. The molecule has 2 atom stereocenters. The van der Waals surface area contributed by atoms with Crippen molar-refractivity contribution in [2.75, 3.05) is 53.5 Å². The summed E-state index contributed by atoms with van der Waals surface area (Å²) in [6.07, 6.45) is -0.00842. The second-order valence-electron chi connectivity index (χ2n) is 13.8. The monoisotopic (exact) mass is 900 g/mol. The summed E-state index contributed by atoms with van der Waals surface area (Å²) in [6, 6.07) is 14.7. The number of carbonyl (C=O) groups excluding carboxylic acids is 2. The molecule has 0 bridgehead atoms.